The van der Waals surface area contributed by atoms with E-state index in [1.807, 2.05) is 0 Å². The highest BCUT2D eigenvalue weighted by atomic mass is 16.1. The molecule has 122 valence electrons. The highest BCUT2D eigenvalue weighted by Gasteiger charge is 2.28. The van der Waals surface area contributed by atoms with Gasteiger partial charge in [0, 0.05) is 19.0 Å². The van der Waals surface area contributed by atoms with Crippen molar-refractivity contribution < 1.29 is 4.79 Å². The van der Waals surface area contributed by atoms with Crippen LogP contribution in [0.25, 0.3) is 11.0 Å². The second-order valence-electron chi connectivity index (χ2n) is 7.21. The Kier molecular flexibility index (Phi) is 3.83. The van der Waals surface area contributed by atoms with Crippen molar-refractivity contribution in [2.24, 2.45) is 7.05 Å². The number of carbonyl (C=O) groups is 1. The molecule has 1 aromatic carbocycles. The molecular formula is C19H25N3O. The molecule has 1 aromatic heterocycles. The maximum atomic E-state index is 12.3. The molecule has 2 aliphatic rings. The van der Waals surface area contributed by atoms with Gasteiger partial charge in [-0.1, -0.05) is 25.3 Å². The zero-order valence-electron chi connectivity index (χ0n) is 13.8. The second kappa shape index (κ2) is 5.99. The number of nitrogens with one attached hydrogen (secondary N) is 1. The van der Waals surface area contributed by atoms with Crippen molar-refractivity contribution in [3.05, 3.63) is 29.6 Å². The van der Waals surface area contributed by atoms with E-state index in [9.17, 15) is 4.79 Å². The van der Waals surface area contributed by atoms with Crippen molar-refractivity contribution >= 4 is 16.9 Å². The Hall–Kier alpha value is -1.84. The smallest absolute Gasteiger partial charge is 0.224 e. The van der Waals surface area contributed by atoms with Crippen LogP contribution in [0.3, 0.4) is 0 Å². The highest BCUT2D eigenvalue weighted by Crippen LogP contribution is 2.40. The van der Waals surface area contributed by atoms with Gasteiger partial charge in [-0.25, -0.2) is 4.98 Å². The molecule has 0 radical (unpaired) electrons. The molecule has 0 atom stereocenters. The Labute approximate surface area is 137 Å². The van der Waals surface area contributed by atoms with Crippen molar-refractivity contribution in [3.8, 4) is 0 Å². The summed E-state index contributed by atoms with van der Waals surface area (Å²) in [6.45, 7) is 0. The van der Waals surface area contributed by atoms with E-state index >= 15 is 0 Å². The number of rotatable bonds is 4. The van der Waals surface area contributed by atoms with Gasteiger partial charge in [-0.05, 0) is 43.4 Å². The minimum Gasteiger partial charge on any atom is -0.353 e. The van der Waals surface area contributed by atoms with Crippen LogP contribution >= 0.6 is 0 Å². The van der Waals surface area contributed by atoms with Crippen molar-refractivity contribution in [3.63, 3.8) is 0 Å². The van der Waals surface area contributed by atoms with Gasteiger partial charge < -0.3 is 9.88 Å². The van der Waals surface area contributed by atoms with Gasteiger partial charge in [-0.15, -0.1) is 0 Å². The molecule has 0 saturated heterocycles. The molecule has 4 rings (SSSR count). The number of aromatic nitrogens is 2. The molecule has 1 heterocycles. The number of amides is 1. The summed E-state index contributed by atoms with van der Waals surface area (Å²) in [6, 6.07) is 6.65. The lowest BCUT2D eigenvalue weighted by Crippen LogP contribution is -2.37. The third-order valence-electron chi connectivity index (χ3n) is 5.26. The molecule has 4 heteroatoms. The first-order valence-corrected chi connectivity index (χ1v) is 8.95. The Morgan fingerprint density at radius 2 is 2.00 bits per heavy atom. The normalized spacial score (nSPS) is 19.2. The van der Waals surface area contributed by atoms with Crippen LogP contribution in [0.4, 0.5) is 0 Å². The molecule has 0 unspecified atom stereocenters. The van der Waals surface area contributed by atoms with E-state index in [1.54, 1.807) is 0 Å². The molecule has 0 bridgehead atoms. The lowest BCUT2D eigenvalue weighted by Gasteiger charge is -2.22. The molecule has 2 fully saturated rings. The van der Waals surface area contributed by atoms with Crippen LogP contribution in [0.2, 0.25) is 0 Å². The van der Waals surface area contributed by atoms with Crippen molar-refractivity contribution in [2.45, 2.75) is 63.3 Å². The first-order chi connectivity index (χ1) is 11.2. The molecule has 4 nitrogen and oxygen atoms in total. The summed E-state index contributed by atoms with van der Waals surface area (Å²) < 4.78 is 2.21. The van der Waals surface area contributed by atoms with E-state index in [0.717, 1.165) is 23.9 Å². The SMILES string of the molecule is Cn1c(C2CC2)nc2cc(CC(=O)NC3CCCCC3)ccc21. The van der Waals surface area contributed by atoms with Gasteiger partial charge in [0.1, 0.15) is 5.82 Å². The third-order valence-corrected chi connectivity index (χ3v) is 5.26. The van der Waals surface area contributed by atoms with E-state index in [0.29, 0.717) is 18.4 Å². The minimum atomic E-state index is 0.148. The van der Waals surface area contributed by atoms with Crippen LogP contribution < -0.4 is 5.32 Å². The predicted octanol–water partition coefficient (Wildman–Crippen LogP) is 3.44. The second-order valence-corrected chi connectivity index (χ2v) is 7.21. The van der Waals surface area contributed by atoms with Crippen LogP contribution in [-0.2, 0) is 18.3 Å². The van der Waals surface area contributed by atoms with E-state index in [1.165, 1.54) is 43.4 Å². The molecule has 2 saturated carbocycles. The summed E-state index contributed by atoms with van der Waals surface area (Å²) in [5.74, 6) is 1.99. The van der Waals surface area contributed by atoms with Gasteiger partial charge >= 0.3 is 0 Å². The summed E-state index contributed by atoms with van der Waals surface area (Å²) in [7, 11) is 2.10. The van der Waals surface area contributed by atoms with E-state index in [-0.39, 0.29) is 5.91 Å². The van der Waals surface area contributed by atoms with Gasteiger partial charge in [-0.3, -0.25) is 4.79 Å². The summed E-state index contributed by atoms with van der Waals surface area (Å²) in [5.41, 5.74) is 3.26. The summed E-state index contributed by atoms with van der Waals surface area (Å²) in [6.07, 6.45) is 9.05. The lowest BCUT2D eigenvalue weighted by atomic mass is 9.95. The average Bonchev–Trinajstić information content (AvgIpc) is 3.33. The predicted molar refractivity (Wildman–Crippen MR) is 91.4 cm³/mol. The van der Waals surface area contributed by atoms with Crippen LogP contribution in [0.1, 0.15) is 62.3 Å². The Morgan fingerprint density at radius 3 is 2.74 bits per heavy atom. The number of aryl methyl sites for hydroxylation is 1. The highest BCUT2D eigenvalue weighted by molar-refractivity contribution is 5.82. The third kappa shape index (κ3) is 3.12. The number of hydrogen-bond acceptors (Lipinski definition) is 2. The number of benzene rings is 1. The number of imidazole rings is 1. The molecule has 2 aromatic rings. The van der Waals surface area contributed by atoms with Crippen molar-refractivity contribution in [1.82, 2.24) is 14.9 Å². The summed E-state index contributed by atoms with van der Waals surface area (Å²) in [4.78, 5) is 17.1. The fraction of sp³-hybridized carbons (Fsp3) is 0.579. The monoisotopic (exact) mass is 311 g/mol. The quantitative estimate of drug-likeness (QED) is 0.940. The molecule has 2 aliphatic carbocycles. The number of fused-ring (bicyclic) bond motifs is 1. The summed E-state index contributed by atoms with van der Waals surface area (Å²) in [5, 5.41) is 3.20. The molecule has 1 N–H and O–H groups in total. The zero-order valence-corrected chi connectivity index (χ0v) is 13.8. The molecular weight excluding hydrogens is 286 g/mol. The van der Waals surface area contributed by atoms with Crippen molar-refractivity contribution in [2.75, 3.05) is 0 Å². The largest absolute Gasteiger partial charge is 0.353 e. The molecule has 1 amide bonds. The Balaban J connectivity index is 1.47. The van der Waals surface area contributed by atoms with Crippen LogP contribution in [-0.4, -0.2) is 21.5 Å². The topological polar surface area (TPSA) is 46.9 Å². The Bertz CT molecular complexity index is 724. The minimum absolute atomic E-state index is 0.148. The molecule has 0 spiro atoms. The van der Waals surface area contributed by atoms with E-state index in [2.05, 4.69) is 35.1 Å². The van der Waals surface area contributed by atoms with Gasteiger partial charge in [0.05, 0.1) is 17.5 Å². The Morgan fingerprint density at radius 1 is 1.22 bits per heavy atom. The van der Waals surface area contributed by atoms with Crippen molar-refractivity contribution in [1.29, 1.82) is 0 Å². The zero-order chi connectivity index (χ0) is 15.8. The number of carbonyl (C=O) groups excluding carboxylic acids is 1. The fourth-order valence-corrected chi connectivity index (χ4v) is 3.79. The van der Waals surface area contributed by atoms with E-state index < -0.39 is 0 Å². The van der Waals surface area contributed by atoms with Crippen LogP contribution in [0.15, 0.2) is 18.2 Å². The average molecular weight is 311 g/mol. The summed E-state index contributed by atoms with van der Waals surface area (Å²) >= 11 is 0. The van der Waals surface area contributed by atoms with Gasteiger partial charge in [0.25, 0.3) is 0 Å². The first-order valence-electron chi connectivity index (χ1n) is 8.95. The first kappa shape index (κ1) is 14.7. The molecule has 23 heavy (non-hydrogen) atoms. The van der Waals surface area contributed by atoms with Gasteiger partial charge in [0.15, 0.2) is 0 Å². The number of nitrogens with zero attached hydrogens (tertiary/aromatic N) is 2. The van der Waals surface area contributed by atoms with Gasteiger partial charge in [0.2, 0.25) is 5.91 Å². The maximum Gasteiger partial charge on any atom is 0.224 e. The molecule has 0 aliphatic heterocycles. The fourth-order valence-electron chi connectivity index (χ4n) is 3.79. The maximum absolute atomic E-state index is 12.3. The van der Waals surface area contributed by atoms with Crippen LogP contribution in [0.5, 0.6) is 0 Å². The van der Waals surface area contributed by atoms with E-state index in [4.69, 9.17) is 4.98 Å². The standard InChI is InChI=1S/C19H25N3O/c1-22-17-10-7-13(11-16(17)21-19(22)14-8-9-14)12-18(23)20-15-5-3-2-4-6-15/h7,10-11,14-15H,2-6,8-9,12H2,1H3,(H,20,23). The lowest BCUT2D eigenvalue weighted by molar-refractivity contribution is -0.121. The van der Waals surface area contributed by atoms with Crippen LogP contribution in [0, 0.1) is 0 Å². The number of hydrogen-bond donors (Lipinski definition) is 1. The van der Waals surface area contributed by atoms with Gasteiger partial charge in [-0.2, -0.15) is 0 Å².